The first-order valence-corrected chi connectivity index (χ1v) is 9.48. The van der Waals surface area contributed by atoms with Gasteiger partial charge in [-0.1, -0.05) is 37.9 Å². The van der Waals surface area contributed by atoms with Gasteiger partial charge < -0.3 is 15.2 Å². The van der Waals surface area contributed by atoms with Crippen LogP contribution in [0, 0.1) is 0 Å². The summed E-state index contributed by atoms with van der Waals surface area (Å²) in [6.45, 7) is 0. The van der Waals surface area contributed by atoms with Gasteiger partial charge >= 0.3 is 0 Å². The number of ether oxygens (including phenoxy) is 1. The minimum absolute atomic E-state index is 0.0241. The van der Waals surface area contributed by atoms with Crippen LogP contribution < -0.4 is 10.1 Å². The molecule has 2 aromatic rings. The number of phenolic OH excluding ortho intramolecular Hbond substituents is 1. The Hall–Kier alpha value is -1.77. The van der Waals surface area contributed by atoms with E-state index in [1.165, 1.54) is 18.9 Å². The topological polar surface area (TPSA) is 70.9 Å². The maximum Gasteiger partial charge on any atom is 0.264 e. The van der Waals surface area contributed by atoms with E-state index < -0.39 is 0 Å². The minimum Gasteiger partial charge on any atom is -0.504 e. The number of amidine groups is 1. The Morgan fingerprint density at radius 1 is 1.24 bits per heavy atom. The number of aliphatic imine (C=N–C) groups is 1. The zero-order valence-corrected chi connectivity index (χ0v) is 16.9. The molecule has 0 atom stereocenters. The van der Waals surface area contributed by atoms with Crippen LogP contribution in [0.3, 0.4) is 0 Å². The van der Waals surface area contributed by atoms with Gasteiger partial charge in [-0.15, -0.1) is 0 Å². The molecule has 1 amide bonds. The van der Waals surface area contributed by atoms with Crippen molar-refractivity contribution < 1.29 is 14.6 Å². The molecule has 0 saturated carbocycles. The summed E-state index contributed by atoms with van der Waals surface area (Å²) < 4.78 is 6.77. The van der Waals surface area contributed by atoms with Gasteiger partial charge in [0.1, 0.15) is 0 Å². The van der Waals surface area contributed by atoms with Crippen LogP contribution in [0.2, 0.25) is 0 Å². The third-order valence-electron chi connectivity index (χ3n) is 3.27. The summed E-state index contributed by atoms with van der Waals surface area (Å²) in [6.07, 6.45) is 1.60. The number of halogens is 2. The number of nitrogens with zero attached hydrogens (tertiary/aromatic N) is 1. The summed E-state index contributed by atoms with van der Waals surface area (Å²) in [5.74, 6) is 0.0359. The standard InChI is InChI=1S/C17H12Br2N2O3S/c1-24-13-8-11(19)5-9(15(13)22)6-14-16(23)21-17(25-14)20-12-4-2-3-10(18)7-12/h2-8,22H,1H3,(H,20,21,23)/b14-6-. The molecule has 1 saturated heterocycles. The molecule has 0 bridgehead atoms. The van der Waals surface area contributed by atoms with Gasteiger partial charge in [-0.2, -0.15) is 0 Å². The number of hydrogen-bond donors (Lipinski definition) is 2. The predicted molar refractivity (Wildman–Crippen MR) is 107 cm³/mol. The van der Waals surface area contributed by atoms with Crippen LogP contribution >= 0.6 is 43.6 Å². The quantitative estimate of drug-likeness (QED) is 0.614. The number of phenols is 1. The smallest absolute Gasteiger partial charge is 0.264 e. The highest BCUT2D eigenvalue weighted by atomic mass is 79.9. The van der Waals surface area contributed by atoms with Crippen molar-refractivity contribution in [2.75, 3.05) is 7.11 Å². The van der Waals surface area contributed by atoms with Crippen LogP contribution in [-0.2, 0) is 4.79 Å². The van der Waals surface area contributed by atoms with E-state index in [0.717, 1.165) is 14.6 Å². The van der Waals surface area contributed by atoms with Gasteiger partial charge in [-0.25, -0.2) is 4.99 Å². The monoisotopic (exact) mass is 482 g/mol. The first-order valence-electron chi connectivity index (χ1n) is 7.08. The van der Waals surface area contributed by atoms with E-state index in [2.05, 4.69) is 42.2 Å². The van der Waals surface area contributed by atoms with Crippen LogP contribution in [0.4, 0.5) is 5.69 Å². The maximum atomic E-state index is 12.2. The van der Waals surface area contributed by atoms with E-state index >= 15 is 0 Å². The summed E-state index contributed by atoms with van der Waals surface area (Å²) in [6, 6.07) is 10.8. The second-order valence-corrected chi connectivity index (χ2v) is 7.87. The number of hydrogen-bond acceptors (Lipinski definition) is 5. The molecule has 2 aromatic carbocycles. The molecule has 1 heterocycles. The lowest BCUT2D eigenvalue weighted by Gasteiger charge is -2.07. The number of nitrogens with one attached hydrogen (secondary N) is 1. The number of benzene rings is 2. The van der Waals surface area contributed by atoms with E-state index in [1.807, 2.05) is 24.3 Å². The average Bonchev–Trinajstić information content (AvgIpc) is 2.90. The predicted octanol–water partition coefficient (Wildman–Crippen LogP) is 4.82. The molecule has 3 rings (SSSR count). The minimum atomic E-state index is -0.267. The van der Waals surface area contributed by atoms with Gasteiger partial charge in [0.2, 0.25) is 0 Å². The number of carbonyl (C=O) groups is 1. The number of thioether (sulfide) groups is 1. The third-order valence-corrected chi connectivity index (χ3v) is 5.13. The summed E-state index contributed by atoms with van der Waals surface area (Å²) >= 11 is 7.96. The van der Waals surface area contributed by atoms with Crippen molar-refractivity contribution >= 4 is 66.5 Å². The van der Waals surface area contributed by atoms with E-state index in [-0.39, 0.29) is 11.7 Å². The summed E-state index contributed by atoms with van der Waals surface area (Å²) in [4.78, 5) is 17.0. The highest BCUT2D eigenvalue weighted by Crippen LogP contribution is 2.37. The van der Waals surface area contributed by atoms with Crippen molar-refractivity contribution in [3.8, 4) is 11.5 Å². The highest BCUT2D eigenvalue weighted by molar-refractivity contribution is 9.10. The van der Waals surface area contributed by atoms with Crippen LogP contribution in [0.15, 0.2) is 55.2 Å². The van der Waals surface area contributed by atoms with Gasteiger partial charge in [0.25, 0.3) is 5.91 Å². The van der Waals surface area contributed by atoms with Crippen LogP contribution in [-0.4, -0.2) is 23.3 Å². The molecule has 1 aliphatic rings. The van der Waals surface area contributed by atoms with Crippen LogP contribution in [0.25, 0.3) is 6.08 Å². The summed E-state index contributed by atoms with van der Waals surface area (Å²) in [5.41, 5.74) is 1.21. The fraction of sp³-hybridized carbons (Fsp3) is 0.0588. The maximum absolute atomic E-state index is 12.2. The van der Waals surface area contributed by atoms with Crippen molar-refractivity contribution in [2.45, 2.75) is 0 Å². The molecule has 0 aromatic heterocycles. The highest BCUT2D eigenvalue weighted by Gasteiger charge is 2.24. The summed E-state index contributed by atoms with van der Waals surface area (Å²) in [5, 5.41) is 13.4. The molecule has 2 N–H and O–H groups in total. The number of amides is 1. The van der Waals surface area contributed by atoms with Crippen molar-refractivity contribution in [1.29, 1.82) is 0 Å². The molecule has 0 aliphatic carbocycles. The molecular weight excluding hydrogens is 472 g/mol. The first-order chi connectivity index (χ1) is 12.0. The van der Waals surface area contributed by atoms with Gasteiger partial charge in [0, 0.05) is 14.5 Å². The number of carbonyl (C=O) groups excluding carboxylic acids is 1. The molecule has 0 unspecified atom stereocenters. The molecular formula is C17H12Br2N2O3S. The van der Waals surface area contributed by atoms with E-state index in [1.54, 1.807) is 18.2 Å². The molecule has 128 valence electrons. The van der Waals surface area contributed by atoms with Crippen LogP contribution in [0.1, 0.15) is 5.56 Å². The fourth-order valence-electron chi connectivity index (χ4n) is 2.14. The average molecular weight is 484 g/mol. The summed E-state index contributed by atoms with van der Waals surface area (Å²) in [7, 11) is 1.47. The van der Waals surface area contributed by atoms with E-state index in [9.17, 15) is 9.90 Å². The molecule has 25 heavy (non-hydrogen) atoms. The fourth-order valence-corrected chi connectivity index (χ4v) is 3.82. The van der Waals surface area contributed by atoms with Crippen molar-refractivity contribution in [3.63, 3.8) is 0 Å². The Bertz CT molecular complexity index is 913. The first kappa shape index (κ1) is 18.0. The second kappa shape index (κ2) is 7.63. The molecule has 8 heteroatoms. The molecule has 1 aliphatic heterocycles. The SMILES string of the molecule is COc1cc(Br)cc(/C=C2\SC(=Nc3cccc(Br)c3)NC2=O)c1O. The lowest BCUT2D eigenvalue weighted by Crippen LogP contribution is -2.19. The van der Waals surface area contributed by atoms with Gasteiger partial charge in [0.05, 0.1) is 17.7 Å². The van der Waals surface area contributed by atoms with Crippen molar-refractivity contribution in [2.24, 2.45) is 4.99 Å². The largest absolute Gasteiger partial charge is 0.504 e. The third kappa shape index (κ3) is 4.26. The molecule has 0 radical (unpaired) electrons. The Balaban J connectivity index is 1.91. The Morgan fingerprint density at radius 3 is 2.76 bits per heavy atom. The lowest BCUT2D eigenvalue weighted by molar-refractivity contribution is -0.115. The van der Waals surface area contributed by atoms with Crippen LogP contribution in [0.5, 0.6) is 11.5 Å². The number of rotatable bonds is 3. The molecule has 1 fully saturated rings. The molecule has 0 spiro atoms. The van der Waals surface area contributed by atoms with Gasteiger partial charge in [-0.3, -0.25) is 4.79 Å². The second-order valence-electron chi connectivity index (χ2n) is 5.01. The lowest BCUT2D eigenvalue weighted by atomic mass is 10.1. The van der Waals surface area contributed by atoms with E-state index in [0.29, 0.717) is 21.4 Å². The Morgan fingerprint density at radius 2 is 2.04 bits per heavy atom. The number of methoxy groups -OCH3 is 1. The van der Waals surface area contributed by atoms with Crippen molar-refractivity contribution in [3.05, 3.63) is 55.8 Å². The zero-order valence-electron chi connectivity index (χ0n) is 12.9. The van der Waals surface area contributed by atoms with Gasteiger partial charge in [0.15, 0.2) is 16.7 Å². The number of aromatic hydroxyl groups is 1. The van der Waals surface area contributed by atoms with Gasteiger partial charge in [-0.05, 0) is 48.2 Å². The Labute approximate surface area is 165 Å². The Kier molecular flexibility index (Phi) is 5.51. The normalized spacial score (nSPS) is 17.2. The van der Waals surface area contributed by atoms with E-state index in [4.69, 9.17) is 4.74 Å². The van der Waals surface area contributed by atoms with Crippen molar-refractivity contribution in [1.82, 2.24) is 5.32 Å². The molecule has 5 nitrogen and oxygen atoms in total. The zero-order chi connectivity index (χ0) is 18.0.